The molecular weight excluding hydrogens is 429 g/mol. The van der Waals surface area contributed by atoms with Crippen molar-refractivity contribution in [2.24, 2.45) is 17.3 Å². The molecule has 0 saturated carbocycles. The second-order valence-electron chi connectivity index (χ2n) is 11.1. The van der Waals surface area contributed by atoms with Crippen LogP contribution < -0.4 is 5.32 Å². The van der Waals surface area contributed by atoms with Crippen LogP contribution in [0.3, 0.4) is 0 Å². The molecule has 2 aliphatic heterocycles. The van der Waals surface area contributed by atoms with Crippen LogP contribution in [0.2, 0.25) is 0 Å². The highest BCUT2D eigenvalue weighted by atomic mass is 19.4. The largest absolute Gasteiger partial charge is 0.416 e. The Morgan fingerprint density at radius 2 is 1.85 bits per heavy atom. The minimum atomic E-state index is -4.40. The van der Waals surface area contributed by atoms with Gasteiger partial charge in [0.1, 0.15) is 0 Å². The van der Waals surface area contributed by atoms with Crippen LogP contribution >= 0.6 is 0 Å². The zero-order valence-corrected chi connectivity index (χ0v) is 20.6. The summed E-state index contributed by atoms with van der Waals surface area (Å²) in [5.74, 6) is 1.24. The molecule has 2 aliphatic rings. The smallest absolute Gasteiger partial charge is 0.363 e. The molecule has 0 aromatic heterocycles. The highest BCUT2D eigenvalue weighted by Gasteiger charge is 2.52. The number of carbonyl (C=O) groups is 1. The summed E-state index contributed by atoms with van der Waals surface area (Å²) in [7, 11) is 0. The molecule has 1 N–H and O–H groups in total. The molecule has 2 saturated heterocycles. The summed E-state index contributed by atoms with van der Waals surface area (Å²) in [4.78, 5) is 15.9. The number of hydrogen-bond donors (Lipinski definition) is 1. The van der Waals surface area contributed by atoms with Gasteiger partial charge in [-0.25, -0.2) is 0 Å². The average molecular weight is 469 g/mol. The number of nitrogens with zero attached hydrogens (tertiary/aromatic N) is 1. The van der Waals surface area contributed by atoms with Crippen LogP contribution in [0.15, 0.2) is 24.3 Å². The van der Waals surface area contributed by atoms with Gasteiger partial charge in [-0.1, -0.05) is 46.8 Å². The number of likely N-dealkylation sites (tertiary alicyclic amines) is 1. The number of rotatable bonds is 5. The lowest BCUT2D eigenvalue weighted by molar-refractivity contribution is -0.184. The second-order valence-corrected chi connectivity index (χ2v) is 11.1. The highest BCUT2D eigenvalue weighted by molar-refractivity contribution is 5.86. The van der Waals surface area contributed by atoms with Gasteiger partial charge in [0.15, 0.2) is 5.60 Å². The predicted octanol–water partition coefficient (Wildman–Crippen LogP) is 5.65. The minimum Gasteiger partial charge on any atom is -0.363 e. The third-order valence-corrected chi connectivity index (χ3v) is 7.67. The Morgan fingerprint density at radius 3 is 2.36 bits per heavy atom. The number of piperidine rings is 1. The number of halogens is 3. The zero-order valence-electron chi connectivity index (χ0n) is 20.6. The van der Waals surface area contributed by atoms with Gasteiger partial charge in [0.2, 0.25) is 0 Å². The highest BCUT2D eigenvalue weighted by Crippen LogP contribution is 2.42. The zero-order chi connectivity index (χ0) is 24.4. The molecule has 2 fully saturated rings. The van der Waals surface area contributed by atoms with E-state index in [0.29, 0.717) is 30.6 Å². The molecule has 0 aliphatic carbocycles. The van der Waals surface area contributed by atoms with Crippen molar-refractivity contribution in [3.05, 3.63) is 35.4 Å². The summed E-state index contributed by atoms with van der Waals surface area (Å²) >= 11 is 0. The van der Waals surface area contributed by atoms with Crippen LogP contribution in [0.1, 0.15) is 71.4 Å². The van der Waals surface area contributed by atoms with Crippen molar-refractivity contribution in [3.63, 3.8) is 0 Å². The molecule has 1 aromatic rings. The topological polar surface area (TPSA) is 41.6 Å². The van der Waals surface area contributed by atoms with Crippen LogP contribution in [-0.2, 0) is 22.3 Å². The molecule has 3 rings (SSSR count). The van der Waals surface area contributed by atoms with Gasteiger partial charge >= 0.3 is 6.18 Å². The SMILES string of the molecule is CC(C)C1CCN(C2CC[C@@](C(=O)NCc3cccc(C(F)(F)F)c3)(C(C)(C)C)OC2)CC1. The van der Waals surface area contributed by atoms with Crippen molar-refractivity contribution in [3.8, 4) is 0 Å². The quantitative estimate of drug-likeness (QED) is 0.607. The van der Waals surface area contributed by atoms with Crippen molar-refractivity contribution < 1.29 is 22.7 Å². The van der Waals surface area contributed by atoms with Gasteiger partial charge in [-0.15, -0.1) is 0 Å². The number of benzene rings is 1. The molecule has 1 unspecified atom stereocenters. The van der Waals surface area contributed by atoms with Crippen LogP contribution in [0, 0.1) is 17.3 Å². The molecule has 0 bridgehead atoms. The van der Waals surface area contributed by atoms with Crippen LogP contribution in [0.25, 0.3) is 0 Å². The Labute approximate surface area is 196 Å². The van der Waals surface area contributed by atoms with E-state index in [9.17, 15) is 18.0 Å². The third-order valence-electron chi connectivity index (χ3n) is 7.67. The van der Waals surface area contributed by atoms with E-state index < -0.39 is 22.8 Å². The molecule has 33 heavy (non-hydrogen) atoms. The molecular formula is C26H39F3N2O2. The Morgan fingerprint density at radius 1 is 1.18 bits per heavy atom. The Bertz CT molecular complexity index is 800. The summed E-state index contributed by atoms with van der Waals surface area (Å²) in [5.41, 5.74) is -1.73. The maximum absolute atomic E-state index is 13.4. The second kappa shape index (κ2) is 9.95. The fraction of sp³-hybridized carbons (Fsp3) is 0.731. The van der Waals surface area contributed by atoms with E-state index in [1.165, 1.54) is 18.9 Å². The van der Waals surface area contributed by atoms with Crippen molar-refractivity contribution in [2.45, 2.75) is 84.7 Å². The van der Waals surface area contributed by atoms with Crippen LogP contribution in [-0.4, -0.2) is 42.1 Å². The van der Waals surface area contributed by atoms with E-state index >= 15 is 0 Å². The van der Waals surface area contributed by atoms with Gasteiger partial charge in [-0.2, -0.15) is 13.2 Å². The maximum Gasteiger partial charge on any atom is 0.416 e. The summed E-state index contributed by atoms with van der Waals surface area (Å²) in [6, 6.07) is 5.40. The monoisotopic (exact) mass is 468 g/mol. The van der Waals surface area contributed by atoms with E-state index in [0.717, 1.165) is 37.6 Å². The van der Waals surface area contributed by atoms with Crippen LogP contribution in [0.5, 0.6) is 0 Å². The summed E-state index contributed by atoms with van der Waals surface area (Å²) in [6.45, 7) is 13.2. The minimum absolute atomic E-state index is 0.0378. The molecule has 0 spiro atoms. The molecule has 1 amide bonds. The summed E-state index contributed by atoms with van der Waals surface area (Å²) < 4.78 is 45.4. The third kappa shape index (κ3) is 5.91. The first-order valence-electron chi connectivity index (χ1n) is 12.2. The van der Waals surface area contributed by atoms with E-state index in [1.54, 1.807) is 6.07 Å². The van der Waals surface area contributed by atoms with Gasteiger partial charge in [0.25, 0.3) is 5.91 Å². The fourth-order valence-corrected chi connectivity index (χ4v) is 5.30. The predicted molar refractivity (Wildman–Crippen MR) is 124 cm³/mol. The summed E-state index contributed by atoms with van der Waals surface area (Å²) in [6.07, 6.45) is -0.524. The number of hydrogen-bond acceptors (Lipinski definition) is 3. The Hall–Kier alpha value is -1.60. The van der Waals surface area contributed by atoms with Crippen molar-refractivity contribution in [2.75, 3.05) is 19.7 Å². The Balaban J connectivity index is 1.63. The fourth-order valence-electron chi connectivity index (χ4n) is 5.30. The average Bonchev–Trinajstić information content (AvgIpc) is 2.76. The first-order valence-corrected chi connectivity index (χ1v) is 12.2. The van der Waals surface area contributed by atoms with Gasteiger partial charge in [-0.3, -0.25) is 9.69 Å². The van der Waals surface area contributed by atoms with Crippen molar-refractivity contribution in [1.82, 2.24) is 10.2 Å². The van der Waals surface area contributed by atoms with E-state index in [2.05, 4.69) is 24.1 Å². The lowest BCUT2D eigenvalue weighted by atomic mass is 9.71. The first-order chi connectivity index (χ1) is 15.3. The van der Waals surface area contributed by atoms with Crippen molar-refractivity contribution in [1.29, 1.82) is 0 Å². The normalized spacial score (nSPS) is 25.9. The number of nitrogens with one attached hydrogen (secondary N) is 1. The first kappa shape index (κ1) is 26.0. The van der Waals surface area contributed by atoms with Gasteiger partial charge in [0.05, 0.1) is 12.2 Å². The van der Waals surface area contributed by atoms with Gasteiger partial charge in [-0.05, 0) is 68.3 Å². The number of amides is 1. The van der Waals surface area contributed by atoms with Gasteiger partial charge < -0.3 is 10.1 Å². The molecule has 2 atom stereocenters. The number of ether oxygens (including phenoxy) is 1. The molecule has 186 valence electrons. The lowest BCUT2D eigenvalue weighted by Gasteiger charge is -2.49. The lowest BCUT2D eigenvalue weighted by Crippen LogP contribution is -2.61. The molecule has 4 nitrogen and oxygen atoms in total. The standard InChI is InChI=1S/C26H39F3N2O2/c1-18(2)20-10-13-31(14-11-20)22-9-12-25(33-17-22,24(3,4)5)23(32)30-16-19-7-6-8-21(15-19)26(27,28)29/h6-8,15,18,20,22H,9-14,16-17H2,1-5H3,(H,30,32)/t22?,25-/m1/s1. The number of alkyl halides is 3. The van der Waals surface area contributed by atoms with Crippen LogP contribution in [0.4, 0.5) is 13.2 Å². The number of carbonyl (C=O) groups excluding carboxylic acids is 1. The van der Waals surface area contributed by atoms with E-state index in [4.69, 9.17) is 4.74 Å². The molecule has 1 aromatic carbocycles. The molecule has 7 heteroatoms. The van der Waals surface area contributed by atoms with Crippen molar-refractivity contribution >= 4 is 5.91 Å². The van der Waals surface area contributed by atoms with Gasteiger partial charge in [0, 0.05) is 18.0 Å². The Kier molecular flexibility index (Phi) is 7.84. The van der Waals surface area contributed by atoms with E-state index in [-0.39, 0.29) is 12.5 Å². The molecule has 2 heterocycles. The maximum atomic E-state index is 13.4. The van der Waals surface area contributed by atoms with E-state index in [1.807, 2.05) is 20.8 Å². The summed E-state index contributed by atoms with van der Waals surface area (Å²) in [5, 5.41) is 2.86. The molecule has 0 radical (unpaired) electrons.